The van der Waals surface area contributed by atoms with E-state index in [0.717, 1.165) is 28.2 Å². The van der Waals surface area contributed by atoms with Crippen LogP contribution < -0.4 is 19.8 Å². The number of nitrogens with zero attached hydrogens (tertiary/aromatic N) is 2. The van der Waals surface area contributed by atoms with Crippen LogP contribution in [0.15, 0.2) is 95.9 Å². The Morgan fingerprint density at radius 3 is 2.03 bits per heavy atom. The molecule has 0 saturated carbocycles. The summed E-state index contributed by atoms with van der Waals surface area (Å²) in [5.74, 6) is 1.46. The fraction of sp³-hybridized carbons (Fsp3) is 0.267. The predicted octanol–water partition coefficient (Wildman–Crippen LogP) is 2.71. The van der Waals surface area contributed by atoms with Crippen molar-refractivity contribution in [3.8, 4) is 11.5 Å². The van der Waals surface area contributed by atoms with Crippen molar-refractivity contribution in [2.24, 2.45) is 0 Å². The van der Waals surface area contributed by atoms with Crippen LogP contribution in [0.1, 0.15) is 29.3 Å². The van der Waals surface area contributed by atoms with Gasteiger partial charge in [-0.05, 0) is 0 Å². The van der Waals surface area contributed by atoms with Gasteiger partial charge in [0.2, 0.25) is 0 Å². The van der Waals surface area contributed by atoms with Gasteiger partial charge in [0, 0.05) is 0 Å². The van der Waals surface area contributed by atoms with Gasteiger partial charge in [0.15, 0.2) is 0 Å². The standard InChI is InChI=1S/C30H29N2O6Se/c1-35-23-12-8-21(9-13-23)30(20-6-4-3-5-7-20,22-10-14-24(36-2)15-11-22)37-19-26-25(33)18-28(38-26)32-17-16-27(34)31-29(32)39/h3-17,25-26,28,33H,18-19H2,1-2H3/t25-,26+,28+/m0/s1. The first-order valence-electron chi connectivity index (χ1n) is 12.5. The Kier molecular flexibility index (Phi) is 8.16. The van der Waals surface area contributed by atoms with E-state index in [1.165, 1.54) is 6.07 Å². The van der Waals surface area contributed by atoms with Crippen LogP contribution in [0.3, 0.4) is 0 Å². The summed E-state index contributed by atoms with van der Waals surface area (Å²) in [4.78, 5) is 15.6. The van der Waals surface area contributed by atoms with E-state index < -0.39 is 24.0 Å². The minimum absolute atomic E-state index is 0.0982. The van der Waals surface area contributed by atoms with Gasteiger partial charge in [0.1, 0.15) is 0 Å². The van der Waals surface area contributed by atoms with Gasteiger partial charge in [0.25, 0.3) is 0 Å². The maximum atomic E-state index is 11.6. The first-order chi connectivity index (χ1) is 18.9. The Hall–Kier alpha value is -3.46. The van der Waals surface area contributed by atoms with Gasteiger partial charge in [-0.2, -0.15) is 0 Å². The molecule has 0 aliphatic carbocycles. The van der Waals surface area contributed by atoms with Crippen LogP contribution in [0.5, 0.6) is 11.5 Å². The maximum absolute atomic E-state index is 11.6. The molecule has 5 rings (SSSR count). The zero-order valence-corrected chi connectivity index (χ0v) is 23.3. The van der Waals surface area contributed by atoms with Gasteiger partial charge in [-0.3, -0.25) is 0 Å². The van der Waals surface area contributed by atoms with Crippen LogP contribution in [0.25, 0.3) is 0 Å². The van der Waals surface area contributed by atoms with Gasteiger partial charge in [0.05, 0.1) is 14.2 Å². The van der Waals surface area contributed by atoms with Crippen molar-refractivity contribution in [2.45, 2.75) is 30.5 Å². The van der Waals surface area contributed by atoms with Gasteiger partial charge in [-0.1, -0.05) is 0 Å². The molecule has 2 heterocycles. The molecule has 201 valence electrons. The number of aromatic nitrogens is 2. The van der Waals surface area contributed by atoms with Crippen LogP contribution in [0.2, 0.25) is 0 Å². The zero-order chi connectivity index (χ0) is 27.4. The van der Waals surface area contributed by atoms with E-state index in [9.17, 15) is 9.90 Å². The van der Waals surface area contributed by atoms with Gasteiger partial charge >= 0.3 is 212 Å². The fourth-order valence-electron chi connectivity index (χ4n) is 4.93. The van der Waals surface area contributed by atoms with E-state index in [1.807, 2.05) is 78.9 Å². The first-order valence-corrected chi connectivity index (χ1v) is 13.4. The normalized spacial score (nSPS) is 19.1. The fourth-order valence-corrected chi connectivity index (χ4v) is 5.50. The van der Waals surface area contributed by atoms with E-state index in [0.29, 0.717) is 11.1 Å². The van der Waals surface area contributed by atoms with Crippen LogP contribution in [0, 0.1) is 0 Å². The molecule has 1 N–H and O–H groups in total. The molecule has 1 saturated heterocycles. The Morgan fingerprint density at radius 1 is 0.923 bits per heavy atom. The molecule has 0 bridgehead atoms. The Labute approximate surface area is 235 Å². The number of aliphatic hydroxyl groups excluding tert-OH is 1. The monoisotopic (exact) mass is 593 g/mol. The van der Waals surface area contributed by atoms with Gasteiger partial charge in [-0.15, -0.1) is 0 Å². The average molecular weight is 593 g/mol. The average Bonchev–Trinajstić information content (AvgIpc) is 3.34. The second-order valence-electron chi connectivity index (χ2n) is 9.20. The second kappa shape index (κ2) is 11.7. The molecule has 1 aliphatic heterocycles. The molecular formula is C30H29N2O6Se. The molecule has 39 heavy (non-hydrogen) atoms. The number of methoxy groups -OCH3 is 2. The summed E-state index contributed by atoms with van der Waals surface area (Å²) >= 11 is 2.80. The van der Waals surface area contributed by atoms with E-state index in [1.54, 1.807) is 25.0 Å². The Balaban J connectivity index is 1.53. The van der Waals surface area contributed by atoms with Crippen molar-refractivity contribution >= 4 is 20.7 Å². The quantitative estimate of drug-likeness (QED) is 0.236. The Bertz CT molecular complexity index is 1400. The number of hydrogen-bond acceptors (Lipinski definition) is 7. The third-order valence-corrected chi connectivity index (χ3v) is 7.59. The molecular weight excluding hydrogens is 563 g/mol. The second-order valence-corrected chi connectivity index (χ2v) is 9.97. The van der Waals surface area contributed by atoms with Crippen molar-refractivity contribution in [2.75, 3.05) is 20.8 Å². The molecule has 1 fully saturated rings. The van der Waals surface area contributed by atoms with Crippen molar-refractivity contribution in [1.29, 1.82) is 0 Å². The number of benzene rings is 3. The van der Waals surface area contributed by atoms with Gasteiger partial charge < -0.3 is 9.47 Å². The summed E-state index contributed by atoms with van der Waals surface area (Å²) in [5, 5.41) is 11.0. The molecule has 1 aliphatic rings. The van der Waals surface area contributed by atoms with Crippen LogP contribution in [0.4, 0.5) is 0 Å². The summed E-state index contributed by atoms with van der Waals surface area (Å²) < 4.78 is 26.0. The summed E-state index contributed by atoms with van der Waals surface area (Å²) in [6.07, 6.45) is 0.0510. The molecule has 3 atom stereocenters. The molecule has 1 aromatic heterocycles. The molecule has 0 spiro atoms. The van der Waals surface area contributed by atoms with E-state index >= 15 is 0 Å². The number of hydrogen-bond donors (Lipinski definition) is 1. The molecule has 3 aromatic carbocycles. The molecule has 8 nitrogen and oxygen atoms in total. The zero-order valence-electron chi connectivity index (χ0n) is 21.6. The third kappa shape index (κ3) is 5.50. The van der Waals surface area contributed by atoms with Crippen LogP contribution >= 0.6 is 0 Å². The molecule has 1 radical (unpaired) electrons. The van der Waals surface area contributed by atoms with Crippen molar-refractivity contribution < 1.29 is 24.1 Å². The molecule has 0 amide bonds. The molecule has 4 aromatic rings. The summed E-state index contributed by atoms with van der Waals surface area (Å²) in [6, 6.07) is 26.9. The first kappa shape index (κ1) is 27.1. The van der Waals surface area contributed by atoms with Crippen molar-refractivity contribution in [3.63, 3.8) is 0 Å². The van der Waals surface area contributed by atoms with Crippen LogP contribution in [-0.2, 0) is 15.1 Å². The van der Waals surface area contributed by atoms with Gasteiger partial charge in [-0.25, -0.2) is 0 Å². The van der Waals surface area contributed by atoms with E-state index in [-0.39, 0.29) is 12.2 Å². The summed E-state index contributed by atoms with van der Waals surface area (Å²) in [6.45, 7) is 0.0982. The number of rotatable bonds is 9. The number of aliphatic hydroxyl groups is 1. The third-order valence-electron chi connectivity index (χ3n) is 6.96. The molecule has 0 unspecified atom stereocenters. The SMILES string of the molecule is COc1ccc(C(OC[C@H]2O[C@@H](n3ccc(=O)nc3[Se])C[C@@H]2O)(c2ccccc2)c2ccc(OC)cc2)cc1. The van der Waals surface area contributed by atoms with Crippen molar-refractivity contribution in [1.82, 2.24) is 9.55 Å². The van der Waals surface area contributed by atoms with Crippen LogP contribution in [-0.4, -0.2) is 63.7 Å². The number of ether oxygens (including phenoxy) is 4. The van der Waals surface area contributed by atoms with E-state index in [2.05, 4.69) is 21.0 Å². The van der Waals surface area contributed by atoms with Crippen molar-refractivity contribution in [3.05, 3.63) is 118 Å². The minimum atomic E-state index is -1.02. The summed E-state index contributed by atoms with van der Waals surface area (Å²) in [5.41, 5.74) is 1.32. The Morgan fingerprint density at radius 2 is 1.49 bits per heavy atom. The predicted molar refractivity (Wildman–Crippen MR) is 147 cm³/mol. The topological polar surface area (TPSA) is 92.0 Å². The molecule has 9 heteroatoms. The van der Waals surface area contributed by atoms with E-state index in [4.69, 9.17) is 18.9 Å². The summed E-state index contributed by atoms with van der Waals surface area (Å²) in [7, 11) is 3.26.